The molecule has 0 amide bonds. The first-order valence-corrected chi connectivity index (χ1v) is 4.73. The number of H-pyrrole nitrogens is 1. The van der Waals surface area contributed by atoms with Gasteiger partial charge in [-0.15, -0.1) is 0 Å². The van der Waals surface area contributed by atoms with Crippen molar-refractivity contribution in [3.63, 3.8) is 0 Å². The molecule has 0 bridgehead atoms. The van der Waals surface area contributed by atoms with Crippen molar-refractivity contribution in [1.29, 1.82) is 0 Å². The lowest BCUT2D eigenvalue weighted by Gasteiger charge is -2.07. The van der Waals surface area contributed by atoms with E-state index in [1.54, 1.807) is 6.20 Å². The van der Waals surface area contributed by atoms with Crippen LogP contribution in [0.3, 0.4) is 0 Å². The van der Waals surface area contributed by atoms with Crippen LogP contribution in [0.4, 0.5) is 0 Å². The lowest BCUT2D eigenvalue weighted by Crippen LogP contribution is -2.34. The van der Waals surface area contributed by atoms with E-state index in [0.29, 0.717) is 11.7 Å². The summed E-state index contributed by atoms with van der Waals surface area (Å²) < 4.78 is 0. The summed E-state index contributed by atoms with van der Waals surface area (Å²) in [5.74, 6) is 0. The number of nitrogens with one attached hydrogen (secondary N) is 3. The van der Waals surface area contributed by atoms with Crippen molar-refractivity contribution in [2.24, 2.45) is 0 Å². The molecule has 0 atom stereocenters. The molecule has 1 heterocycles. The molecule has 0 aliphatic heterocycles. The van der Waals surface area contributed by atoms with Crippen LogP contribution in [-0.4, -0.2) is 21.9 Å². The fourth-order valence-electron chi connectivity index (χ4n) is 0.858. The molecule has 0 saturated carbocycles. The molecule has 4 nitrogen and oxygen atoms in total. The summed E-state index contributed by atoms with van der Waals surface area (Å²) in [5, 5.41) is 13.4. The fraction of sp³-hybridized carbons (Fsp3) is 0.500. The highest BCUT2D eigenvalue weighted by Crippen LogP contribution is 1.91. The second-order valence-corrected chi connectivity index (χ2v) is 3.12. The Morgan fingerprint density at radius 3 is 3.08 bits per heavy atom. The van der Waals surface area contributed by atoms with E-state index in [0.717, 1.165) is 18.5 Å². The molecule has 5 heteroatoms. The molecule has 72 valence electrons. The SMILES string of the molecule is CCCNC(=S)NCc1cn[nH]c1. The highest BCUT2D eigenvalue weighted by Gasteiger charge is 1.95. The molecule has 1 aromatic rings. The van der Waals surface area contributed by atoms with Crippen molar-refractivity contribution < 1.29 is 0 Å². The van der Waals surface area contributed by atoms with Crippen LogP contribution in [0.1, 0.15) is 18.9 Å². The Balaban J connectivity index is 2.15. The first-order chi connectivity index (χ1) is 6.33. The largest absolute Gasteiger partial charge is 0.363 e. The van der Waals surface area contributed by atoms with E-state index in [4.69, 9.17) is 12.2 Å². The van der Waals surface area contributed by atoms with Gasteiger partial charge in [-0.25, -0.2) is 0 Å². The van der Waals surface area contributed by atoms with E-state index in [2.05, 4.69) is 27.8 Å². The van der Waals surface area contributed by atoms with E-state index < -0.39 is 0 Å². The normalized spacial score (nSPS) is 9.62. The van der Waals surface area contributed by atoms with Crippen LogP contribution in [0.5, 0.6) is 0 Å². The zero-order valence-corrected chi connectivity index (χ0v) is 8.45. The van der Waals surface area contributed by atoms with Crippen molar-refractivity contribution in [3.05, 3.63) is 18.0 Å². The van der Waals surface area contributed by atoms with Crippen LogP contribution in [0, 0.1) is 0 Å². The maximum absolute atomic E-state index is 5.04. The van der Waals surface area contributed by atoms with Gasteiger partial charge in [-0.05, 0) is 18.6 Å². The van der Waals surface area contributed by atoms with Crippen molar-refractivity contribution >= 4 is 17.3 Å². The number of hydrogen-bond donors (Lipinski definition) is 3. The number of nitrogens with zero attached hydrogens (tertiary/aromatic N) is 1. The van der Waals surface area contributed by atoms with E-state index in [1.165, 1.54) is 0 Å². The Bertz CT molecular complexity index is 245. The molecule has 1 rings (SSSR count). The minimum atomic E-state index is 0.697. The zero-order valence-electron chi connectivity index (χ0n) is 7.63. The Morgan fingerprint density at radius 1 is 1.62 bits per heavy atom. The molecule has 1 aromatic heterocycles. The average Bonchev–Trinajstić information content (AvgIpc) is 2.64. The highest BCUT2D eigenvalue weighted by atomic mass is 32.1. The molecular formula is C8H14N4S. The van der Waals surface area contributed by atoms with Gasteiger partial charge in [-0.1, -0.05) is 6.92 Å². The van der Waals surface area contributed by atoms with Gasteiger partial charge in [-0.3, -0.25) is 5.10 Å². The minimum absolute atomic E-state index is 0.697. The molecule has 3 N–H and O–H groups in total. The Labute approximate surface area is 83.1 Å². The molecule has 0 fully saturated rings. The van der Waals surface area contributed by atoms with Gasteiger partial charge in [0, 0.05) is 24.8 Å². The number of thiocarbonyl (C=S) groups is 1. The predicted molar refractivity (Wildman–Crippen MR) is 56.3 cm³/mol. The number of aromatic amines is 1. The van der Waals surface area contributed by atoms with Gasteiger partial charge in [0.05, 0.1) is 6.20 Å². The van der Waals surface area contributed by atoms with Gasteiger partial charge in [0.1, 0.15) is 0 Å². The Kier molecular flexibility index (Phi) is 4.25. The maximum atomic E-state index is 5.04. The van der Waals surface area contributed by atoms with Gasteiger partial charge >= 0.3 is 0 Å². The third-order valence-corrected chi connectivity index (χ3v) is 1.83. The van der Waals surface area contributed by atoms with Crippen molar-refractivity contribution in [2.75, 3.05) is 6.54 Å². The summed E-state index contributed by atoms with van der Waals surface area (Å²) in [7, 11) is 0. The average molecular weight is 198 g/mol. The van der Waals surface area contributed by atoms with Gasteiger partial charge in [-0.2, -0.15) is 5.10 Å². The Morgan fingerprint density at radius 2 is 2.46 bits per heavy atom. The van der Waals surface area contributed by atoms with Crippen LogP contribution in [0.2, 0.25) is 0 Å². The first-order valence-electron chi connectivity index (χ1n) is 4.32. The van der Waals surface area contributed by atoms with Crippen LogP contribution >= 0.6 is 12.2 Å². The van der Waals surface area contributed by atoms with Crippen molar-refractivity contribution in [3.8, 4) is 0 Å². The van der Waals surface area contributed by atoms with E-state index in [1.807, 2.05) is 6.20 Å². The summed E-state index contributed by atoms with van der Waals surface area (Å²) in [6.45, 7) is 3.73. The van der Waals surface area contributed by atoms with E-state index in [9.17, 15) is 0 Å². The van der Waals surface area contributed by atoms with E-state index in [-0.39, 0.29) is 0 Å². The quantitative estimate of drug-likeness (QED) is 0.626. The molecule has 0 saturated heterocycles. The minimum Gasteiger partial charge on any atom is -0.363 e. The smallest absolute Gasteiger partial charge is 0.166 e. The van der Waals surface area contributed by atoms with Gasteiger partial charge < -0.3 is 10.6 Å². The third kappa shape index (κ3) is 3.89. The third-order valence-electron chi connectivity index (χ3n) is 1.54. The zero-order chi connectivity index (χ0) is 9.52. The molecule has 13 heavy (non-hydrogen) atoms. The standard InChI is InChI=1S/C8H14N4S/c1-2-3-9-8(13)10-4-7-5-11-12-6-7/h5-6H,2-4H2,1H3,(H,11,12)(H2,9,10,13). The number of rotatable bonds is 4. The molecule has 0 aromatic carbocycles. The predicted octanol–water partition coefficient (Wildman–Crippen LogP) is 0.784. The van der Waals surface area contributed by atoms with Gasteiger partial charge in [0.25, 0.3) is 0 Å². The maximum Gasteiger partial charge on any atom is 0.166 e. The van der Waals surface area contributed by atoms with Crippen LogP contribution in [-0.2, 0) is 6.54 Å². The lowest BCUT2D eigenvalue weighted by atomic mass is 10.4. The summed E-state index contributed by atoms with van der Waals surface area (Å²) >= 11 is 5.04. The molecule has 0 aliphatic rings. The fourth-order valence-corrected chi connectivity index (χ4v) is 1.03. The first kappa shape index (κ1) is 9.98. The van der Waals surface area contributed by atoms with Crippen molar-refractivity contribution in [1.82, 2.24) is 20.8 Å². The monoisotopic (exact) mass is 198 g/mol. The second kappa shape index (κ2) is 5.53. The van der Waals surface area contributed by atoms with E-state index >= 15 is 0 Å². The molecule has 0 aliphatic carbocycles. The topological polar surface area (TPSA) is 52.7 Å². The summed E-state index contributed by atoms with van der Waals surface area (Å²) in [5.41, 5.74) is 1.10. The summed E-state index contributed by atoms with van der Waals surface area (Å²) in [6.07, 6.45) is 4.69. The summed E-state index contributed by atoms with van der Waals surface area (Å²) in [6, 6.07) is 0. The van der Waals surface area contributed by atoms with Crippen LogP contribution in [0.15, 0.2) is 12.4 Å². The molecular weight excluding hydrogens is 184 g/mol. The van der Waals surface area contributed by atoms with Crippen LogP contribution < -0.4 is 10.6 Å². The molecule has 0 radical (unpaired) electrons. The number of aromatic nitrogens is 2. The molecule has 0 unspecified atom stereocenters. The highest BCUT2D eigenvalue weighted by molar-refractivity contribution is 7.80. The lowest BCUT2D eigenvalue weighted by molar-refractivity contribution is 0.800. The van der Waals surface area contributed by atoms with Crippen molar-refractivity contribution in [2.45, 2.75) is 19.9 Å². The second-order valence-electron chi connectivity index (χ2n) is 2.72. The summed E-state index contributed by atoms with van der Waals surface area (Å²) in [4.78, 5) is 0. The number of hydrogen-bond acceptors (Lipinski definition) is 2. The van der Waals surface area contributed by atoms with Gasteiger partial charge in [0.15, 0.2) is 5.11 Å². The molecule has 0 spiro atoms. The van der Waals surface area contributed by atoms with Gasteiger partial charge in [0.2, 0.25) is 0 Å². The van der Waals surface area contributed by atoms with Crippen LogP contribution in [0.25, 0.3) is 0 Å². The Hall–Kier alpha value is -1.10.